The Kier molecular flexibility index (Phi) is 2.52. The van der Waals surface area contributed by atoms with Crippen LogP contribution >= 0.6 is 15.9 Å². The Hall–Kier alpha value is -0.870. The number of aliphatic carboxylic acids is 1. The van der Waals surface area contributed by atoms with Crippen LogP contribution in [-0.2, 0) is 14.9 Å². The van der Waals surface area contributed by atoms with E-state index in [0.29, 0.717) is 13.2 Å². The molecule has 2 atom stereocenters. The van der Waals surface area contributed by atoms with Crippen LogP contribution in [0.2, 0.25) is 0 Å². The van der Waals surface area contributed by atoms with Crippen LogP contribution in [0, 0.1) is 11.8 Å². The Balaban J connectivity index is 1.88. The van der Waals surface area contributed by atoms with Crippen LogP contribution < -0.4 is 0 Å². The van der Waals surface area contributed by atoms with Crippen LogP contribution in [0.15, 0.2) is 28.7 Å². The second-order valence-corrected chi connectivity index (χ2v) is 5.86. The minimum Gasteiger partial charge on any atom is -0.481 e. The summed E-state index contributed by atoms with van der Waals surface area (Å²) in [4.78, 5) is 11.0. The molecule has 4 heteroatoms. The van der Waals surface area contributed by atoms with Crippen molar-refractivity contribution < 1.29 is 14.6 Å². The molecule has 17 heavy (non-hydrogen) atoms. The zero-order valence-corrected chi connectivity index (χ0v) is 10.8. The molecule has 1 saturated carbocycles. The van der Waals surface area contributed by atoms with Gasteiger partial charge in [-0.15, -0.1) is 0 Å². The summed E-state index contributed by atoms with van der Waals surface area (Å²) < 4.78 is 6.39. The quantitative estimate of drug-likeness (QED) is 0.932. The molecule has 3 nitrogen and oxygen atoms in total. The van der Waals surface area contributed by atoms with Gasteiger partial charge in [-0.25, -0.2) is 0 Å². The second-order valence-electron chi connectivity index (χ2n) is 4.94. The molecule has 1 aromatic carbocycles. The zero-order chi connectivity index (χ0) is 12.0. The van der Waals surface area contributed by atoms with Crippen molar-refractivity contribution in [3.8, 4) is 0 Å². The Morgan fingerprint density at radius 2 is 2.00 bits per heavy atom. The van der Waals surface area contributed by atoms with Crippen LogP contribution in [0.4, 0.5) is 0 Å². The highest BCUT2D eigenvalue weighted by Gasteiger charge is 2.60. The number of carbonyl (C=O) groups is 1. The first kappa shape index (κ1) is 11.2. The third-order valence-electron chi connectivity index (χ3n) is 3.96. The maximum atomic E-state index is 11.0. The SMILES string of the molecule is O=C(O)C1CC1C1(c2ccc(Br)cc2)COC1. The molecule has 90 valence electrons. The van der Waals surface area contributed by atoms with Gasteiger partial charge in [0.25, 0.3) is 0 Å². The Labute approximate surface area is 108 Å². The lowest BCUT2D eigenvalue weighted by atomic mass is 9.73. The molecule has 1 N–H and O–H groups in total. The fourth-order valence-electron chi connectivity index (χ4n) is 2.78. The first-order valence-corrected chi connectivity index (χ1v) is 6.49. The van der Waals surface area contributed by atoms with Crippen molar-refractivity contribution >= 4 is 21.9 Å². The highest BCUT2D eigenvalue weighted by atomic mass is 79.9. The molecule has 1 heterocycles. The van der Waals surface area contributed by atoms with Crippen LogP contribution in [0.5, 0.6) is 0 Å². The average molecular weight is 297 g/mol. The molecular formula is C13H13BrO3. The van der Waals surface area contributed by atoms with Crippen LogP contribution in [0.1, 0.15) is 12.0 Å². The molecule has 0 spiro atoms. The fraction of sp³-hybridized carbons (Fsp3) is 0.462. The van der Waals surface area contributed by atoms with E-state index in [4.69, 9.17) is 9.84 Å². The largest absolute Gasteiger partial charge is 0.481 e. The smallest absolute Gasteiger partial charge is 0.306 e. The molecule has 1 aliphatic carbocycles. The van der Waals surface area contributed by atoms with Crippen molar-refractivity contribution in [2.45, 2.75) is 11.8 Å². The van der Waals surface area contributed by atoms with Crippen LogP contribution in [0.25, 0.3) is 0 Å². The van der Waals surface area contributed by atoms with Gasteiger partial charge in [0.15, 0.2) is 0 Å². The van der Waals surface area contributed by atoms with Crippen LogP contribution in [0.3, 0.4) is 0 Å². The summed E-state index contributed by atoms with van der Waals surface area (Å²) in [7, 11) is 0. The van der Waals surface area contributed by atoms with E-state index in [9.17, 15) is 4.79 Å². The lowest BCUT2D eigenvalue weighted by Crippen LogP contribution is -2.49. The number of benzene rings is 1. The lowest BCUT2D eigenvalue weighted by molar-refractivity contribution is -0.140. The average Bonchev–Trinajstić information content (AvgIpc) is 3.00. The molecule has 2 fully saturated rings. The lowest BCUT2D eigenvalue weighted by Gasteiger charge is -2.42. The van der Waals surface area contributed by atoms with Gasteiger partial charge in [0.05, 0.1) is 19.1 Å². The van der Waals surface area contributed by atoms with E-state index in [2.05, 4.69) is 28.1 Å². The molecule has 3 rings (SSSR count). The van der Waals surface area contributed by atoms with Crippen molar-refractivity contribution in [1.82, 2.24) is 0 Å². The van der Waals surface area contributed by atoms with Crippen molar-refractivity contribution in [3.63, 3.8) is 0 Å². The Bertz CT molecular complexity index is 450. The summed E-state index contributed by atoms with van der Waals surface area (Å²) in [5.41, 5.74) is 1.16. The topological polar surface area (TPSA) is 46.5 Å². The van der Waals surface area contributed by atoms with Gasteiger partial charge in [0, 0.05) is 9.89 Å². The number of halogens is 1. The van der Waals surface area contributed by atoms with Gasteiger partial charge in [0.2, 0.25) is 0 Å². The van der Waals surface area contributed by atoms with Gasteiger partial charge in [0.1, 0.15) is 0 Å². The van der Waals surface area contributed by atoms with Crippen molar-refractivity contribution in [1.29, 1.82) is 0 Å². The summed E-state index contributed by atoms with van der Waals surface area (Å²) >= 11 is 3.41. The van der Waals surface area contributed by atoms with Crippen molar-refractivity contribution in [2.75, 3.05) is 13.2 Å². The molecule has 0 amide bonds. The number of carboxylic acid groups (broad SMARTS) is 1. The van der Waals surface area contributed by atoms with Gasteiger partial charge in [-0.05, 0) is 30.0 Å². The van der Waals surface area contributed by atoms with E-state index in [1.807, 2.05) is 12.1 Å². The van der Waals surface area contributed by atoms with Crippen molar-refractivity contribution in [2.24, 2.45) is 11.8 Å². The predicted molar refractivity (Wildman–Crippen MR) is 65.9 cm³/mol. The van der Waals surface area contributed by atoms with E-state index in [1.165, 1.54) is 5.56 Å². The number of rotatable bonds is 3. The maximum absolute atomic E-state index is 11.0. The fourth-order valence-corrected chi connectivity index (χ4v) is 3.04. The zero-order valence-electron chi connectivity index (χ0n) is 9.23. The van der Waals surface area contributed by atoms with Crippen molar-refractivity contribution in [3.05, 3.63) is 34.3 Å². The number of ether oxygens (including phenoxy) is 1. The normalized spacial score (nSPS) is 29.5. The summed E-state index contributed by atoms with van der Waals surface area (Å²) in [5, 5.41) is 9.05. The highest BCUT2D eigenvalue weighted by molar-refractivity contribution is 9.10. The summed E-state index contributed by atoms with van der Waals surface area (Å²) in [6, 6.07) is 8.16. The van der Waals surface area contributed by atoms with E-state index in [-0.39, 0.29) is 17.3 Å². The second kappa shape index (κ2) is 3.82. The van der Waals surface area contributed by atoms with Gasteiger partial charge >= 0.3 is 5.97 Å². The minimum absolute atomic E-state index is 0.0518. The molecule has 2 unspecified atom stereocenters. The van der Waals surface area contributed by atoms with E-state index >= 15 is 0 Å². The number of hydrogen-bond donors (Lipinski definition) is 1. The third kappa shape index (κ3) is 1.70. The van der Waals surface area contributed by atoms with Gasteiger partial charge in [-0.3, -0.25) is 4.79 Å². The van der Waals surface area contributed by atoms with Gasteiger partial charge in [-0.1, -0.05) is 28.1 Å². The van der Waals surface area contributed by atoms with E-state index in [0.717, 1.165) is 10.9 Å². The molecule has 2 aliphatic rings. The maximum Gasteiger partial charge on any atom is 0.306 e. The standard InChI is InChI=1S/C13H13BrO3/c14-9-3-1-8(2-4-9)13(6-17-7-13)11-5-10(11)12(15)16/h1-4,10-11H,5-7H2,(H,15,16). The summed E-state index contributed by atoms with van der Waals surface area (Å²) in [5.74, 6) is -0.601. The number of hydrogen-bond acceptors (Lipinski definition) is 2. The third-order valence-corrected chi connectivity index (χ3v) is 4.48. The van der Waals surface area contributed by atoms with Crippen LogP contribution in [-0.4, -0.2) is 24.3 Å². The summed E-state index contributed by atoms with van der Waals surface area (Å²) in [6.07, 6.45) is 0.786. The Morgan fingerprint density at radius 1 is 1.35 bits per heavy atom. The molecule has 1 aromatic rings. The first-order valence-electron chi connectivity index (χ1n) is 5.70. The minimum atomic E-state index is -0.668. The molecular weight excluding hydrogens is 284 g/mol. The molecule has 0 bridgehead atoms. The van der Waals surface area contributed by atoms with E-state index < -0.39 is 5.97 Å². The molecule has 0 radical (unpaired) electrons. The van der Waals surface area contributed by atoms with Gasteiger partial charge < -0.3 is 9.84 Å². The predicted octanol–water partition coefficient (Wildman–Crippen LogP) is 2.44. The summed E-state index contributed by atoms with van der Waals surface area (Å²) in [6.45, 7) is 1.31. The molecule has 1 saturated heterocycles. The van der Waals surface area contributed by atoms with Gasteiger partial charge in [-0.2, -0.15) is 0 Å². The first-order chi connectivity index (χ1) is 8.13. The molecule has 1 aliphatic heterocycles. The van der Waals surface area contributed by atoms with E-state index in [1.54, 1.807) is 0 Å². The number of carboxylic acids is 1. The monoisotopic (exact) mass is 296 g/mol. The highest BCUT2D eigenvalue weighted by Crippen LogP contribution is 2.55. The molecule has 0 aromatic heterocycles. The Morgan fingerprint density at radius 3 is 2.41 bits per heavy atom.